The van der Waals surface area contributed by atoms with E-state index >= 15 is 0 Å². The second kappa shape index (κ2) is 6.35. The van der Waals surface area contributed by atoms with Crippen LogP contribution in [0.4, 0.5) is 0 Å². The lowest BCUT2D eigenvalue weighted by Gasteiger charge is -2.12. The van der Waals surface area contributed by atoms with E-state index in [1.165, 1.54) is 19.4 Å². The standard InChI is InChI=1S/C14H13N3O3S/c1-20-12-7-5-11(6-8-12)13(10-15)17-21(18,19)14-4-2-3-9-16-14/h2-9,13,17H,1H3/t13-/m0/s1. The molecule has 1 N–H and O–H groups in total. The molecule has 0 aliphatic heterocycles. The van der Waals surface area contributed by atoms with Gasteiger partial charge < -0.3 is 4.74 Å². The molecule has 0 bridgehead atoms. The van der Waals surface area contributed by atoms with Crippen molar-refractivity contribution in [2.75, 3.05) is 7.11 Å². The molecule has 0 saturated heterocycles. The quantitative estimate of drug-likeness (QED) is 0.906. The largest absolute Gasteiger partial charge is 0.497 e. The summed E-state index contributed by atoms with van der Waals surface area (Å²) in [5, 5.41) is 9.06. The number of methoxy groups -OCH3 is 1. The fourth-order valence-corrected chi connectivity index (χ4v) is 2.76. The molecule has 0 aliphatic rings. The number of rotatable bonds is 5. The van der Waals surface area contributed by atoms with E-state index in [0.717, 1.165) is 0 Å². The Morgan fingerprint density at radius 1 is 1.24 bits per heavy atom. The van der Waals surface area contributed by atoms with Crippen LogP contribution in [-0.4, -0.2) is 20.5 Å². The molecule has 6 nitrogen and oxygen atoms in total. The molecule has 0 fully saturated rings. The van der Waals surface area contributed by atoms with Crippen molar-refractivity contribution in [1.82, 2.24) is 9.71 Å². The Morgan fingerprint density at radius 3 is 2.48 bits per heavy atom. The molecule has 0 saturated carbocycles. The number of hydrogen-bond donors (Lipinski definition) is 1. The molecule has 0 spiro atoms. The predicted octanol–water partition coefficient (Wildman–Crippen LogP) is 1.63. The Kier molecular flexibility index (Phi) is 4.52. The van der Waals surface area contributed by atoms with E-state index in [-0.39, 0.29) is 5.03 Å². The van der Waals surface area contributed by atoms with Crippen molar-refractivity contribution in [2.24, 2.45) is 0 Å². The first kappa shape index (κ1) is 15.0. The van der Waals surface area contributed by atoms with Crippen LogP contribution in [0.2, 0.25) is 0 Å². The fraction of sp³-hybridized carbons (Fsp3) is 0.143. The number of nitrogens with one attached hydrogen (secondary N) is 1. The number of pyridine rings is 1. The lowest BCUT2D eigenvalue weighted by molar-refractivity contribution is 0.414. The van der Waals surface area contributed by atoms with Gasteiger partial charge in [0.05, 0.1) is 13.2 Å². The number of aromatic nitrogens is 1. The zero-order valence-corrected chi connectivity index (χ0v) is 12.0. The third kappa shape index (κ3) is 3.56. The number of hydrogen-bond acceptors (Lipinski definition) is 5. The Morgan fingerprint density at radius 2 is 1.95 bits per heavy atom. The highest BCUT2D eigenvalue weighted by molar-refractivity contribution is 7.89. The van der Waals surface area contributed by atoms with Crippen LogP contribution in [-0.2, 0) is 10.0 Å². The smallest absolute Gasteiger partial charge is 0.259 e. The summed E-state index contributed by atoms with van der Waals surface area (Å²) in [5.74, 6) is 0.628. The molecular weight excluding hydrogens is 290 g/mol. The SMILES string of the molecule is COc1ccc([C@H](C#N)NS(=O)(=O)c2ccccn2)cc1. The van der Waals surface area contributed by atoms with E-state index in [0.29, 0.717) is 11.3 Å². The second-order valence-corrected chi connectivity index (χ2v) is 5.79. The topological polar surface area (TPSA) is 92.1 Å². The van der Waals surface area contributed by atoms with Crippen molar-refractivity contribution in [3.05, 3.63) is 54.2 Å². The monoisotopic (exact) mass is 303 g/mol. The summed E-state index contributed by atoms with van der Waals surface area (Å²) in [6.07, 6.45) is 1.38. The maximum atomic E-state index is 12.1. The summed E-state index contributed by atoms with van der Waals surface area (Å²) < 4.78 is 31.6. The van der Waals surface area contributed by atoms with Crippen LogP contribution in [0.1, 0.15) is 11.6 Å². The minimum Gasteiger partial charge on any atom is -0.497 e. The predicted molar refractivity (Wildman–Crippen MR) is 75.9 cm³/mol. The summed E-state index contributed by atoms with van der Waals surface area (Å²) >= 11 is 0. The lowest BCUT2D eigenvalue weighted by atomic mass is 10.1. The molecule has 2 aromatic rings. The maximum Gasteiger partial charge on any atom is 0.259 e. The van der Waals surface area contributed by atoms with Crippen molar-refractivity contribution < 1.29 is 13.2 Å². The van der Waals surface area contributed by atoms with Gasteiger partial charge in [0.2, 0.25) is 0 Å². The zero-order chi connectivity index (χ0) is 15.3. The minimum absolute atomic E-state index is 0.126. The van der Waals surface area contributed by atoms with Gasteiger partial charge in [-0.15, -0.1) is 0 Å². The molecule has 2 rings (SSSR count). The summed E-state index contributed by atoms with van der Waals surface area (Å²) in [5.41, 5.74) is 0.526. The number of nitriles is 1. The van der Waals surface area contributed by atoms with Crippen LogP contribution in [0.3, 0.4) is 0 Å². The second-order valence-electron chi connectivity index (χ2n) is 4.12. The minimum atomic E-state index is -3.85. The van der Waals surface area contributed by atoms with E-state index in [4.69, 9.17) is 4.74 Å². The number of nitrogens with zero attached hydrogens (tertiary/aromatic N) is 2. The average Bonchev–Trinajstić information content (AvgIpc) is 2.53. The molecule has 7 heteroatoms. The lowest BCUT2D eigenvalue weighted by Crippen LogP contribution is -2.28. The fourth-order valence-electron chi connectivity index (χ4n) is 1.69. The molecule has 108 valence electrons. The van der Waals surface area contributed by atoms with Crippen molar-refractivity contribution in [3.8, 4) is 11.8 Å². The van der Waals surface area contributed by atoms with Gasteiger partial charge in [-0.25, -0.2) is 13.4 Å². The summed E-state index contributed by atoms with van der Waals surface area (Å²) in [6.45, 7) is 0. The van der Waals surface area contributed by atoms with Crippen LogP contribution in [0.25, 0.3) is 0 Å². The molecule has 0 radical (unpaired) electrons. The Balaban J connectivity index is 2.25. The zero-order valence-electron chi connectivity index (χ0n) is 11.2. The number of benzene rings is 1. The van der Waals surface area contributed by atoms with Crippen LogP contribution in [0, 0.1) is 11.3 Å². The van der Waals surface area contributed by atoms with E-state index < -0.39 is 16.1 Å². The summed E-state index contributed by atoms with van der Waals surface area (Å²) in [7, 11) is -2.32. The van der Waals surface area contributed by atoms with Crippen molar-refractivity contribution in [1.29, 1.82) is 5.26 Å². The van der Waals surface area contributed by atoms with E-state index in [1.807, 2.05) is 6.07 Å². The van der Waals surface area contributed by atoms with Crippen molar-refractivity contribution >= 4 is 10.0 Å². The Bertz CT molecular complexity index is 737. The molecule has 21 heavy (non-hydrogen) atoms. The van der Waals surface area contributed by atoms with Gasteiger partial charge in [0.15, 0.2) is 5.03 Å². The first-order valence-electron chi connectivity index (χ1n) is 6.04. The van der Waals surface area contributed by atoms with Gasteiger partial charge in [0.1, 0.15) is 11.8 Å². The molecule has 1 aromatic heterocycles. The van der Waals surface area contributed by atoms with Crippen molar-refractivity contribution in [2.45, 2.75) is 11.1 Å². The highest BCUT2D eigenvalue weighted by atomic mass is 32.2. The Labute approximate surface area is 123 Å². The number of ether oxygens (including phenoxy) is 1. The third-order valence-corrected chi connectivity index (χ3v) is 4.10. The summed E-state index contributed by atoms with van der Waals surface area (Å²) in [6, 6.07) is 12.1. The van der Waals surface area contributed by atoms with E-state index in [9.17, 15) is 13.7 Å². The highest BCUT2D eigenvalue weighted by Crippen LogP contribution is 2.19. The van der Waals surface area contributed by atoms with Gasteiger partial charge in [-0.05, 0) is 29.8 Å². The van der Waals surface area contributed by atoms with Crippen LogP contribution < -0.4 is 9.46 Å². The van der Waals surface area contributed by atoms with Gasteiger partial charge in [0, 0.05) is 6.20 Å². The molecule has 1 heterocycles. The van der Waals surface area contributed by atoms with Crippen LogP contribution in [0.5, 0.6) is 5.75 Å². The molecule has 0 aliphatic carbocycles. The molecule has 1 atom stereocenters. The average molecular weight is 303 g/mol. The first-order chi connectivity index (χ1) is 10.1. The molecule has 0 unspecified atom stereocenters. The Hall–Kier alpha value is -2.43. The molecule has 1 aromatic carbocycles. The molecule has 0 amide bonds. The molecular formula is C14H13N3O3S. The van der Waals surface area contributed by atoms with Gasteiger partial charge in [-0.3, -0.25) is 0 Å². The number of sulfonamides is 1. The van der Waals surface area contributed by atoms with Gasteiger partial charge >= 0.3 is 0 Å². The van der Waals surface area contributed by atoms with Crippen LogP contribution in [0.15, 0.2) is 53.7 Å². The van der Waals surface area contributed by atoms with E-state index in [1.54, 1.807) is 36.4 Å². The normalized spacial score (nSPS) is 12.4. The third-order valence-electron chi connectivity index (χ3n) is 2.76. The van der Waals surface area contributed by atoms with Gasteiger partial charge in [-0.2, -0.15) is 9.98 Å². The highest BCUT2D eigenvalue weighted by Gasteiger charge is 2.22. The van der Waals surface area contributed by atoms with Gasteiger partial charge in [-0.1, -0.05) is 18.2 Å². The van der Waals surface area contributed by atoms with Gasteiger partial charge in [0.25, 0.3) is 10.0 Å². The maximum absolute atomic E-state index is 12.1. The first-order valence-corrected chi connectivity index (χ1v) is 7.52. The van der Waals surface area contributed by atoms with Crippen molar-refractivity contribution in [3.63, 3.8) is 0 Å². The van der Waals surface area contributed by atoms with Crippen LogP contribution >= 0.6 is 0 Å². The summed E-state index contributed by atoms with van der Waals surface area (Å²) in [4.78, 5) is 3.78. The van der Waals surface area contributed by atoms with E-state index in [2.05, 4.69) is 9.71 Å².